The molecule has 2 unspecified atom stereocenters. The van der Waals surface area contributed by atoms with Crippen LogP contribution >= 0.6 is 0 Å². The molecule has 0 aromatic heterocycles. The largest absolute Gasteiger partial charge is 0.411 e. The number of aldehydes is 1. The van der Waals surface area contributed by atoms with Gasteiger partial charge < -0.3 is 19.6 Å². The van der Waals surface area contributed by atoms with Gasteiger partial charge in [0.05, 0.1) is 12.3 Å². The Bertz CT molecular complexity index is 577. The number of hydrogen-bond acceptors (Lipinski definition) is 6. The first kappa shape index (κ1) is 16.9. The molecule has 0 spiro atoms. The lowest BCUT2D eigenvalue weighted by Crippen LogP contribution is -2.31. The van der Waals surface area contributed by atoms with Gasteiger partial charge in [-0.15, -0.1) is 0 Å². The summed E-state index contributed by atoms with van der Waals surface area (Å²) in [4.78, 5) is 13.2. The van der Waals surface area contributed by atoms with Crippen LogP contribution in [0.3, 0.4) is 0 Å². The van der Waals surface area contributed by atoms with Gasteiger partial charge >= 0.3 is 0 Å². The van der Waals surface area contributed by atoms with Gasteiger partial charge in [0.2, 0.25) is 0 Å². The van der Waals surface area contributed by atoms with Crippen molar-refractivity contribution in [1.29, 1.82) is 0 Å². The third-order valence-electron chi connectivity index (χ3n) is 4.91. The number of carbonyl (C=O) groups is 1. The van der Waals surface area contributed by atoms with E-state index in [0.29, 0.717) is 19.1 Å². The van der Waals surface area contributed by atoms with Gasteiger partial charge in [-0.1, -0.05) is 17.3 Å². The van der Waals surface area contributed by atoms with Crippen molar-refractivity contribution in [1.82, 2.24) is 0 Å². The molecule has 130 valence electrons. The number of hydrogen-bond donors (Lipinski definition) is 1. The van der Waals surface area contributed by atoms with Crippen LogP contribution < -0.4 is 4.90 Å². The van der Waals surface area contributed by atoms with Crippen LogP contribution in [0.1, 0.15) is 37.2 Å². The van der Waals surface area contributed by atoms with Crippen LogP contribution in [0.2, 0.25) is 0 Å². The Morgan fingerprint density at radius 3 is 2.62 bits per heavy atom. The standard InChI is InChI=1S/C18H24N2O4/c1-23-12-17-10-20(18(11-21)24-17)16-8-4-14(5-9-16)13-2-6-15(19-22)7-3-13/h4-5,8-9,11,13,17-18,22H,2-3,6-7,10,12H2,1H3. The number of anilines is 1. The number of methoxy groups -OCH3 is 1. The smallest absolute Gasteiger partial charge is 0.187 e. The molecule has 1 saturated heterocycles. The first-order valence-electron chi connectivity index (χ1n) is 8.41. The summed E-state index contributed by atoms with van der Waals surface area (Å²) in [6.45, 7) is 1.13. The number of nitrogens with zero attached hydrogens (tertiary/aromatic N) is 2. The Balaban J connectivity index is 1.67. The molecule has 2 aliphatic rings. The van der Waals surface area contributed by atoms with E-state index in [9.17, 15) is 4.79 Å². The summed E-state index contributed by atoms with van der Waals surface area (Å²) in [7, 11) is 1.63. The van der Waals surface area contributed by atoms with Crippen molar-refractivity contribution in [3.05, 3.63) is 29.8 Å². The molecule has 1 saturated carbocycles. The maximum Gasteiger partial charge on any atom is 0.187 e. The second-order valence-electron chi connectivity index (χ2n) is 6.42. The molecule has 1 aliphatic heterocycles. The molecule has 1 aromatic rings. The summed E-state index contributed by atoms with van der Waals surface area (Å²) in [6, 6.07) is 8.37. The van der Waals surface area contributed by atoms with Gasteiger partial charge in [-0.3, -0.25) is 4.79 Å². The molecular formula is C18H24N2O4. The summed E-state index contributed by atoms with van der Waals surface area (Å²) in [5, 5.41) is 12.2. The lowest BCUT2D eigenvalue weighted by Gasteiger charge is -2.24. The van der Waals surface area contributed by atoms with Crippen molar-refractivity contribution in [3.8, 4) is 0 Å². The minimum atomic E-state index is -0.547. The van der Waals surface area contributed by atoms with E-state index < -0.39 is 6.23 Å². The van der Waals surface area contributed by atoms with Crippen molar-refractivity contribution in [2.24, 2.45) is 5.16 Å². The number of rotatable bonds is 5. The molecule has 1 N–H and O–H groups in total. The zero-order chi connectivity index (χ0) is 16.9. The van der Waals surface area contributed by atoms with Gasteiger partial charge in [-0.2, -0.15) is 0 Å². The average Bonchev–Trinajstić information content (AvgIpc) is 3.05. The number of oxime groups is 1. The van der Waals surface area contributed by atoms with Crippen molar-refractivity contribution < 1.29 is 19.5 Å². The fraction of sp³-hybridized carbons (Fsp3) is 0.556. The predicted octanol–water partition coefficient (Wildman–Crippen LogP) is 2.55. The molecule has 0 bridgehead atoms. The van der Waals surface area contributed by atoms with E-state index in [2.05, 4.69) is 29.4 Å². The first-order chi connectivity index (χ1) is 11.7. The van der Waals surface area contributed by atoms with Crippen LogP contribution in [0, 0.1) is 0 Å². The molecule has 6 nitrogen and oxygen atoms in total. The van der Waals surface area contributed by atoms with Crippen molar-refractivity contribution in [2.75, 3.05) is 25.2 Å². The maximum atomic E-state index is 11.3. The van der Waals surface area contributed by atoms with Gasteiger partial charge in [0.25, 0.3) is 0 Å². The highest BCUT2D eigenvalue weighted by atomic mass is 16.6. The van der Waals surface area contributed by atoms with E-state index in [-0.39, 0.29) is 6.10 Å². The Labute approximate surface area is 142 Å². The second kappa shape index (κ2) is 7.77. The van der Waals surface area contributed by atoms with E-state index in [4.69, 9.17) is 14.7 Å². The summed E-state index contributed by atoms with van der Waals surface area (Å²) >= 11 is 0. The fourth-order valence-electron chi connectivity index (χ4n) is 3.60. The first-order valence-corrected chi connectivity index (χ1v) is 8.41. The van der Waals surface area contributed by atoms with E-state index in [1.807, 2.05) is 4.90 Å². The van der Waals surface area contributed by atoms with Crippen LogP contribution in [-0.4, -0.2) is 49.8 Å². The minimum Gasteiger partial charge on any atom is -0.411 e. The molecule has 3 rings (SSSR count). The molecule has 24 heavy (non-hydrogen) atoms. The summed E-state index contributed by atoms with van der Waals surface area (Å²) in [6.07, 6.45) is 3.94. The lowest BCUT2D eigenvalue weighted by atomic mass is 9.83. The van der Waals surface area contributed by atoms with E-state index >= 15 is 0 Å². The molecule has 0 radical (unpaired) electrons. The highest BCUT2D eigenvalue weighted by molar-refractivity contribution is 5.84. The van der Waals surface area contributed by atoms with Crippen molar-refractivity contribution >= 4 is 17.7 Å². The van der Waals surface area contributed by atoms with Gasteiger partial charge in [0, 0.05) is 19.3 Å². The highest BCUT2D eigenvalue weighted by Crippen LogP contribution is 2.33. The number of carbonyl (C=O) groups excluding carboxylic acids is 1. The molecule has 2 atom stereocenters. The van der Waals surface area contributed by atoms with Gasteiger partial charge in [-0.05, 0) is 49.3 Å². The predicted molar refractivity (Wildman–Crippen MR) is 90.8 cm³/mol. The van der Waals surface area contributed by atoms with Crippen molar-refractivity contribution in [2.45, 2.75) is 43.9 Å². The Morgan fingerprint density at radius 1 is 1.33 bits per heavy atom. The van der Waals surface area contributed by atoms with Crippen LogP contribution in [-0.2, 0) is 14.3 Å². The van der Waals surface area contributed by atoms with E-state index in [1.54, 1.807) is 7.11 Å². The molecule has 6 heteroatoms. The Morgan fingerprint density at radius 2 is 2.04 bits per heavy atom. The summed E-state index contributed by atoms with van der Waals surface area (Å²) < 4.78 is 10.8. The molecule has 0 amide bonds. The molecule has 1 heterocycles. The van der Waals surface area contributed by atoms with Crippen LogP contribution in [0.25, 0.3) is 0 Å². The van der Waals surface area contributed by atoms with Gasteiger partial charge in [0.1, 0.15) is 6.10 Å². The van der Waals surface area contributed by atoms with Gasteiger partial charge in [0.15, 0.2) is 12.5 Å². The Hall–Kier alpha value is -1.92. The summed E-state index contributed by atoms with van der Waals surface area (Å²) in [5.74, 6) is 0.502. The Kier molecular flexibility index (Phi) is 5.48. The van der Waals surface area contributed by atoms with Crippen LogP contribution in [0.4, 0.5) is 5.69 Å². The topological polar surface area (TPSA) is 71.4 Å². The van der Waals surface area contributed by atoms with E-state index in [1.165, 1.54) is 5.56 Å². The fourth-order valence-corrected chi connectivity index (χ4v) is 3.60. The maximum absolute atomic E-state index is 11.3. The molecule has 1 aromatic carbocycles. The third kappa shape index (κ3) is 3.60. The van der Waals surface area contributed by atoms with Crippen molar-refractivity contribution in [3.63, 3.8) is 0 Å². The molecule has 2 fully saturated rings. The minimum absolute atomic E-state index is 0.0839. The third-order valence-corrected chi connectivity index (χ3v) is 4.91. The molecular weight excluding hydrogens is 308 g/mol. The monoisotopic (exact) mass is 332 g/mol. The summed E-state index contributed by atoms with van der Waals surface area (Å²) in [5.41, 5.74) is 3.19. The normalized spacial score (nSPS) is 27.3. The number of ether oxygens (including phenoxy) is 2. The zero-order valence-electron chi connectivity index (χ0n) is 13.9. The molecule has 1 aliphatic carbocycles. The second-order valence-corrected chi connectivity index (χ2v) is 6.42. The average molecular weight is 332 g/mol. The van der Waals surface area contributed by atoms with Crippen LogP contribution in [0.15, 0.2) is 29.4 Å². The lowest BCUT2D eigenvalue weighted by molar-refractivity contribution is -0.118. The van der Waals surface area contributed by atoms with Crippen LogP contribution in [0.5, 0.6) is 0 Å². The van der Waals surface area contributed by atoms with Gasteiger partial charge in [-0.25, -0.2) is 0 Å². The zero-order valence-corrected chi connectivity index (χ0v) is 13.9. The highest BCUT2D eigenvalue weighted by Gasteiger charge is 2.32. The SMILES string of the molecule is COCC1CN(c2ccc(C3CCC(=NO)CC3)cc2)C(C=O)O1. The van der Waals surface area contributed by atoms with E-state index in [0.717, 1.165) is 43.4 Å². The quantitative estimate of drug-likeness (QED) is 0.510. The number of benzene rings is 1.